The van der Waals surface area contributed by atoms with Gasteiger partial charge in [0.15, 0.2) is 0 Å². The molecule has 0 amide bonds. The largest absolute Gasteiger partial charge is 0.358 e. The summed E-state index contributed by atoms with van der Waals surface area (Å²) in [4.78, 5) is 0. The monoisotopic (exact) mass is 336 g/mol. The summed E-state index contributed by atoms with van der Waals surface area (Å²) in [6.07, 6.45) is 5.13. The third kappa shape index (κ3) is 4.80. The average molecular weight is 336 g/mol. The molecule has 1 aromatic carbocycles. The summed E-state index contributed by atoms with van der Waals surface area (Å²) < 4.78 is 6.71. The normalized spacial score (nSPS) is 12.7. The summed E-state index contributed by atoms with van der Waals surface area (Å²) in [6, 6.07) is 8.57. The van der Waals surface area contributed by atoms with Crippen molar-refractivity contribution in [2.75, 3.05) is 0 Å². The van der Waals surface area contributed by atoms with Gasteiger partial charge in [-0.05, 0) is 46.7 Å². The molecule has 0 aliphatic carbocycles. The Kier molecular flexibility index (Phi) is 6.78. The third-order valence-corrected chi connectivity index (χ3v) is 3.52. The van der Waals surface area contributed by atoms with Crippen molar-refractivity contribution in [3.63, 3.8) is 0 Å². The summed E-state index contributed by atoms with van der Waals surface area (Å²) in [7, 11) is 2.39. The van der Waals surface area contributed by atoms with Crippen LogP contribution in [0, 0.1) is 3.57 Å². The smallest absolute Gasteiger partial charge is 0.0860 e. The van der Waals surface area contributed by atoms with Crippen LogP contribution in [0.4, 0.5) is 0 Å². The highest BCUT2D eigenvalue weighted by molar-refractivity contribution is 14.1. The van der Waals surface area contributed by atoms with Gasteiger partial charge in [0.05, 0.1) is 6.10 Å². The first kappa shape index (κ1) is 13.4. The van der Waals surface area contributed by atoms with E-state index in [9.17, 15) is 0 Å². The summed E-state index contributed by atoms with van der Waals surface area (Å²) >= 11 is 2.32. The second-order valence-corrected chi connectivity index (χ2v) is 5.19. The lowest BCUT2D eigenvalue weighted by Crippen LogP contribution is -1.98. The van der Waals surface area contributed by atoms with E-state index in [-0.39, 0.29) is 6.10 Å². The minimum atomic E-state index is 0.235. The topological polar surface area (TPSA) is 9.23 Å². The Balaban J connectivity index is 2.53. The predicted octanol–water partition coefficient (Wildman–Crippen LogP) is 4.72. The summed E-state index contributed by atoms with van der Waals surface area (Å²) in [5, 5.41) is 0. The lowest BCUT2D eigenvalue weighted by Gasteiger charge is -2.15. The molecule has 0 spiro atoms. The molecular weight excluding hydrogens is 318 g/mol. The average Bonchev–Trinajstić information content (AvgIpc) is 2.26. The van der Waals surface area contributed by atoms with Gasteiger partial charge in [0.2, 0.25) is 0 Å². The SMILES string of the molecule is CCCCCC(OP)c1ccc(I)cc1. The lowest BCUT2D eigenvalue weighted by atomic mass is 10.0. The standard InChI is InChI=1S/C12H18IOP/c1-2-3-4-5-12(14-15)10-6-8-11(13)9-7-10/h6-9,12H,2-5,15H2,1H3. The zero-order valence-corrected chi connectivity index (χ0v) is 12.4. The molecule has 1 aromatic rings. The van der Waals surface area contributed by atoms with Gasteiger partial charge in [0.25, 0.3) is 0 Å². The molecule has 0 aliphatic rings. The maximum absolute atomic E-state index is 5.44. The number of hydrogen-bond donors (Lipinski definition) is 0. The van der Waals surface area contributed by atoms with Gasteiger partial charge >= 0.3 is 0 Å². The number of unbranched alkanes of at least 4 members (excludes halogenated alkanes) is 2. The highest BCUT2D eigenvalue weighted by atomic mass is 127. The molecule has 0 fully saturated rings. The molecule has 0 N–H and O–H groups in total. The fourth-order valence-electron chi connectivity index (χ4n) is 1.57. The summed E-state index contributed by atoms with van der Waals surface area (Å²) in [6.45, 7) is 2.22. The van der Waals surface area contributed by atoms with Crippen LogP contribution in [0.3, 0.4) is 0 Å². The summed E-state index contributed by atoms with van der Waals surface area (Å²) in [5.41, 5.74) is 1.28. The Morgan fingerprint density at radius 2 is 1.93 bits per heavy atom. The van der Waals surface area contributed by atoms with Crippen LogP contribution in [0.25, 0.3) is 0 Å². The molecule has 0 aromatic heterocycles. The molecule has 0 aliphatic heterocycles. The highest BCUT2D eigenvalue weighted by Gasteiger charge is 2.09. The van der Waals surface area contributed by atoms with Gasteiger partial charge < -0.3 is 4.52 Å². The van der Waals surface area contributed by atoms with E-state index >= 15 is 0 Å². The molecule has 2 atom stereocenters. The molecule has 0 bridgehead atoms. The second kappa shape index (κ2) is 7.59. The number of benzene rings is 1. The molecule has 2 unspecified atom stereocenters. The Labute approximate surface area is 108 Å². The van der Waals surface area contributed by atoms with E-state index in [0.29, 0.717) is 0 Å². The maximum atomic E-state index is 5.44. The maximum Gasteiger partial charge on any atom is 0.0860 e. The van der Waals surface area contributed by atoms with E-state index in [1.54, 1.807) is 0 Å². The fourth-order valence-corrected chi connectivity index (χ4v) is 2.22. The van der Waals surface area contributed by atoms with Gasteiger partial charge in [-0.15, -0.1) is 0 Å². The van der Waals surface area contributed by atoms with E-state index in [0.717, 1.165) is 6.42 Å². The zero-order chi connectivity index (χ0) is 11.1. The van der Waals surface area contributed by atoms with Crippen LogP contribution >= 0.6 is 32.1 Å². The predicted molar refractivity (Wildman–Crippen MR) is 76.8 cm³/mol. The van der Waals surface area contributed by atoms with Crippen molar-refractivity contribution in [1.29, 1.82) is 0 Å². The minimum Gasteiger partial charge on any atom is -0.358 e. The van der Waals surface area contributed by atoms with Crippen molar-refractivity contribution in [1.82, 2.24) is 0 Å². The molecule has 0 heterocycles. The third-order valence-electron chi connectivity index (χ3n) is 2.48. The van der Waals surface area contributed by atoms with Gasteiger partial charge in [-0.3, -0.25) is 0 Å². The van der Waals surface area contributed by atoms with Gasteiger partial charge in [-0.1, -0.05) is 38.3 Å². The first-order valence-corrected chi connectivity index (χ1v) is 6.94. The molecule has 84 valence electrons. The van der Waals surface area contributed by atoms with Crippen molar-refractivity contribution >= 4 is 32.1 Å². The van der Waals surface area contributed by atoms with Gasteiger partial charge in [-0.2, -0.15) is 0 Å². The van der Waals surface area contributed by atoms with E-state index < -0.39 is 0 Å². The van der Waals surface area contributed by atoms with Crippen molar-refractivity contribution < 1.29 is 4.52 Å². The first-order chi connectivity index (χ1) is 7.27. The van der Waals surface area contributed by atoms with E-state index in [1.807, 2.05) is 0 Å². The molecule has 3 heteroatoms. The van der Waals surface area contributed by atoms with E-state index in [1.165, 1.54) is 28.4 Å². The van der Waals surface area contributed by atoms with Crippen LogP contribution in [-0.2, 0) is 4.52 Å². The van der Waals surface area contributed by atoms with Crippen LogP contribution < -0.4 is 0 Å². The number of hydrogen-bond acceptors (Lipinski definition) is 1. The minimum absolute atomic E-state index is 0.235. The fraction of sp³-hybridized carbons (Fsp3) is 0.500. The Morgan fingerprint density at radius 1 is 1.27 bits per heavy atom. The van der Waals surface area contributed by atoms with Crippen LogP contribution in [0.1, 0.15) is 44.3 Å². The van der Waals surface area contributed by atoms with Crippen molar-refractivity contribution in [2.24, 2.45) is 0 Å². The lowest BCUT2D eigenvalue weighted by molar-refractivity contribution is 0.227. The van der Waals surface area contributed by atoms with Crippen LogP contribution in [0.15, 0.2) is 24.3 Å². The molecule has 0 saturated carbocycles. The molecule has 1 rings (SSSR count). The van der Waals surface area contributed by atoms with Crippen LogP contribution in [0.2, 0.25) is 0 Å². The zero-order valence-electron chi connectivity index (χ0n) is 9.08. The van der Waals surface area contributed by atoms with E-state index in [2.05, 4.69) is 63.2 Å². The van der Waals surface area contributed by atoms with Crippen LogP contribution in [-0.4, -0.2) is 0 Å². The first-order valence-electron chi connectivity index (χ1n) is 5.39. The van der Waals surface area contributed by atoms with Gasteiger partial charge in [0.1, 0.15) is 0 Å². The van der Waals surface area contributed by atoms with Crippen molar-refractivity contribution in [3.8, 4) is 0 Å². The Morgan fingerprint density at radius 3 is 2.47 bits per heavy atom. The Hall–Kier alpha value is 0.340. The second-order valence-electron chi connectivity index (χ2n) is 3.67. The van der Waals surface area contributed by atoms with Crippen molar-refractivity contribution in [3.05, 3.63) is 33.4 Å². The molecule has 0 saturated heterocycles. The molecular formula is C12H18IOP. The van der Waals surface area contributed by atoms with Crippen LogP contribution in [0.5, 0.6) is 0 Å². The van der Waals surface area contributed by atoms with Crippen molar-refractivity contribution in [2.45, 2.75) is 38.7 Å². The Bertz CT molecular complexity index is 273. The quantitative estimate of drug-likeness (QED) is 0.415. The van der Waals surface area contributed by atoms with Gasteiger partial charge in [0, 0.05) is 13.0 Å². The number of rotatable bonds is 6. The molecule has 0 radical (unpaired) electrons. The molecule has 1 nitrogen and oxygen atoms in total. The summed E-state index contributed by atoms with van der Waals surface area (Å²) in [5.74, 6) is 0. The number of halogens is 1. The van der Waals surface area contributed by atoms with Gasteiger partial charge in [-0.25, -0.2) is 0 Å². The van der Waals surface area contributed by atoms with E-state index in [4.69, 9.17) is 4.52 Å². The highest BCUT2D eigenvalue weighted by Crippen LogP contribution is 2.26. The molecule has 15 heavy (non-hydrogen) atoms.